The van der Waals surface area contributed by atoms with Crippen molar-refractivity contribution in [2.24, 2.45) is 0 Å². The smallest absolute Gasteiger partial charge is 0.251 e. The number of hydrogen-bond acceptors (Lipinski definition) is 5. The summed E-state index contributed by atoms with van der Waals surface area (Å²) < 4.78 is 2.52. The van der Waals surface area contributed by atoms with Crippen molar-refractivity contribution in [3.8, 4) is 0 Å². The number of fused-ring (bicyclic) bond motifs is 1. The fourth-order valence-corrected chi connectivity index (χ4v) is 2.93. The Morgan fingerprint density at radius 3 is 3.15 bits per heavy atom. The summed E-state index contributed by atoms with van der Waals surface area (Å²) in [5.41, 5.74) is 0.637. The summed E-state index contributed by atoms with van der Waals surface area (Å²) in [4.78, 5) is 12.7. The predicted molar refractivity (Wildman–Crippen MR) is 78.8 cm³/mol. The molecule has 0 aliphatic heterocycles. The lowest BCUT2D eigenvalue weighted by molar-refractivity contribution is 0.0954. The number of hydrogen-bond donors (Lipinski definition) is 1. The molecule has 0 aliphatic carbocycles. The van der Waals surface area contributed by atoms with Gasteiger partial charge in [0, 0.05) is 23.0 Å². The molecule has 0 spiro atoms. The van der Waals surface area contributed by atoms with E-state index in [-0.39, 0.29) is 5.91 Å². The fraction of sp³-hybridized carbons (Fsp3) is 0.167. The highest BCUT2D eigenvalue weighted by atomic mass is 79.9. The summed E-state index contributed by atoms with van der Waals surface area (Å²) in [6.45, 7) is 0.537. The van der Waals surface area contributed by atoms with Crippen molar-refractivity contribution < 1.29 is 4.79 Å². The SMILES string of the molecule is O=C(NCCc1nn2cnnc2s1)c1cccc(Br)c1. The molecule has 0 bridgehead atoms. The number of nitrogens with one attached hydrogen (secondary N) is 1. The van der Waals surface area contributed by atoms with Crippen LogP contribution in [0.2, 0.25) is 0 Å². The monoisotopic (exact) mass is 351 g/mol. The molecule has 6 nitrogen and oxygen atoms in total. The number of carbonyl (C=O) groups excluding carboxylic acids is 1. The van der Waals surface area contributed by atoms with E-state index < -0.39 is 0 Å². The van der Waals surface area contributed by atoms with E-state index >= 15 is 0 Å². The van der Waals surface area contributed by atoms with Gasteiger partial charge in [-0.2, -0.15) is 9.61 Å². The van der Waals surface area contributed by atoms with Crippen molar-refractivity contribution in [1.82, 2.24) is 25.1 Å². The molecule has 1 aromatic carbocycles. The average Bonchev–Trinajstić information content (AvgIpc) is 2.99. The molecular formula is C12H10BrN5OS. The molecule has 3 rings (SSSR count). The largest absolute Gasteiger partial charge is 0.352 e. The average molecular weight is 352 g/mol. The highest BCUT2D eigenvalue weighted by Gasteiger charge is 2.08. The molecule has 0 saturated carbocycles. The lowest BCUT2D eigenvalue weighted by Gasteiger charge is -2.04. The molecule has 1 amide bonds. The molecular weight excluding hydrogens is 342 g/mol. The quantitative estimate of drug-likeness (QED) is 0.779. The zero-order valence-electron chi connectivity index (χ0n) is 10.3. The van der Waals surface area contributed by atoms with Gasteiger partial charge in [-0.25, -0.2) is 0 Å². The van der Waals surface area contributed by atoms with Gasteiger partial charge in [0.05, 0.1) is 0 Å². The third-order valence-electron chi connectivity index (χ3n) is 2.64. The van der Waals surface area contributed by atoms with Crippen LogP contribution in [0.1, 0.15) is 15.4 Å². The van der Waals surface area contributed by atoms with Gasteiger partial charge in [-0.3, -0.25) is 4.79 Å². The van der Waals surface area contributed by atoms with Crippen LogP contribution in [0.4, 0.5) is 0 Å². The second kappa shape index (κ2) is 5.68. The summed E-state index contributed by atoms with van der Waals surface area (Å²) in [6, 6.07) is 7.29. The van der Waals surface area contributed by atoms with E-state index in [0.717, 1.165) is 14.4 Å². The maximum atomic E-state index is 11.9. The van der Waals surface area contributed by atoms with Gasteiger partial charge in [-0.15, -0.1) is 10.2 Å². The van der Waals surface area contributed by atoms with Crippen LogP contribution in [-0.4, -0.2) is 32.3 Å². The van der Waals surface area contributed by atoms with Gasteiger partial charge in [0.15, 0.2) is 0 Å². The molecule has 102 valence electrons. The molecule has 8 heteroatoms. The first-order valence-electron chi connectivity index (χ1n) is 5.92. The van der Waals surface area contributed by atoms with Crippen LogP contribution in [-0.2, 0) is 6.42 Å². The molecule has 1 N–H and O–H groups in total. The number of halogens is 1. The first-order chi connectivity index (χ1) is 9.72. The van der Waals surface area contributed by atoms with Gasteiger partial charge in [0.2, 0.25) is 4.96 Å². The number of aromatic nitrogens is 4. The number of benzene rings is 1. The Morgan fingerprint density at radius 2 is 2.35 bits per heavy atom. The third kappa shape index (κ3) is 2.86. The molecule has 3 aromatic rings. The maximum absolute atomic E-state index is 11.9. The van der Waals surface area contributed by atoms with E-state index in [4.69, 9.17) is 0 Å². The van der Waals surface area contributed by atoms with Crippen LogP contribution in [0.5, 0.6) is 0 Å². The van der Waals surface area contributed by atoms with E-state index in [9.17, 15) is 4.79 Å². The Labute approximate surface area is 127 Å². The Bertz CT molecular complexity index is 724. The highest BCUT2D eigenvalue weighted by molar-refractivity contribution is 9.10. The van der Waals surface area contributed by atoms with Crippen LogP contribution in [0.15, 0.2) is 35.1 Å². The number of nitrogens with zero attached hydrogens (tertiary/aromatic N) is 4. The van der Waals surface area contributed by atoms with Crippen LogP contribution < -0.4 is 5.32 Å². The summed E-state index contributed by atoms with van der Waals surface area (Å²) in [7, 11) is 0. The van der Waals surface area contributed by atoms with Crippen LogP contribution >= 0.6 is 27.3 Å². The van der Waals surface area contributed by atoms with Crippen molar-refractivity contribution in [3.05, 3.63) is 45.6 Å². The molecule has 2 heterocycles. The summed E-state index contributed by atoms with van der Waals surface area (Å²) in [5, 5.41) is 15.8. The summed E-state index contributed by atoms with van der Waals surface area (Å²) >= 11 is 4.82. The zero-order valence-corrected chi connectivity index (χ0v) is 12.7. The molecule has 0 atom stereocenters. The van der Waals surface area contributed by atoms with Crippen molar-refractivity contribution in [1.29, 1.82) is 0 Å². The van der Waals surface area contributed by atoms with Crippen LogP contribution in [0, 0.1) is 0 Å². The molecule has 0 radical (unpaired) electrons. The second-order valence-corrected chi connectivity index (χ2v) is 6.03. The molecule has 0 fully saturated rings. The Balaban J connectivity index is 1.57. The summed E-state index contributed by atoms with van der Waals surface area (Å²) in [5.74, 6) is -0.0886. The van der Waals surface area contributed by atoms with Crippen molar-refractivity contribution in [2.45, 2.75) is 6.42 Å². The van der Waals surface area contributed by atoms with E-state index in [1.54, 1.807) is 23.0 Å². The Hall–Kier alpha value is -1.80. The second-order valence-electron chi connectivity index (χ2n) is 4.07. The number of carbonyl (C=O) groups is 1. The van der Waals surface area contributed by atoms with Gasteiger partial charge in [-0.1, -0.05) is 33.3 Å². The van der Waals surface area contributed by atoms with E-state index in [1.165, 1.54) is 11.3 Å². The molecule has 0 saturated heterocycles. The maximum Gasteiger partial charge on any atom is 0.251 e. The van der Waals surface area contributed by atoms with Gasteiger partial charge in [-0.05, 0) is 18.2 Å². The minimum absolute atomic E-state index is 0.0886. The Kier molecular flexibility index (Phi) is 3.75. The minimum Gasteiger partial charge on any atom is -0.352 e. The minimum atomic E-state index is -0.0886. The fourth-order valence-electron chi connectivity index (χ4n) is 1.72. The lowest BCUT2D eigenvalue weighted by Crippen LogP contribution is -2.25. The highest BCUT2D eigenvalue weighted by Crippen LogP contribution is 2.13. The third-order valence-corrected chi connectivity index (χ3v) is 4.11. The van der Waals surface area contributed by atoms with Gasteiger partial charge < -0.3 is 5.32 Å². The van der Waals surface area contributed by atoms with Crippen molar-refractivity contribution >= 4 is 38.1 Å². The first kappa shape index (κ1) is 13.2. The zero-order chi connectivity index (χ0) is 13.9. The normalized spacial score (nSPS) is 10.8. The van der Waals surface area contributed by atoms with Crippen molar-refractivity contribution in [2.75, 3.05) is 6.54 Å². The molecule has 2 aromatic heterocycles. The van der Waals surface area contributed by atoms with Gasteiger partial charge in [0.1, 0.15) is 11.3 Å². The predicted octanol–water partition coefficient (Wildman–Crippen LogP) is 1.92. The van der Waals surface area contributed by atoms with Crippen LogP contribution in [0.3, 0.4) is 0 Å². The topological polar surface area (TPSA) is 72.2 Å². The number of rotatable bonds is 4. The lowest BCUT2D eigenvalue weighted by atomic mass is 10.2. The standard InChI is InChI=1S/C12H10BrN5OS/c13-9-3-1-2-8(6-9)11(19)14-5-4-10-17-18-7-15-16-12(18)20-10/h1-3,6-7H,4-5H2,(H,14,19). The first-order valence-corrected chi connectivity index (χ1v) is 7.53. The van der Waals surface area contributed by atoms with E-state index in [2.05, 4.69) is 36.5 Å². The molecule has 0 aliphatic rings. The molecule has 20 heavy (non-hydrogen) atoms. The summed E-state index contributed by atoms with van der Waals surface area (Å²) in [6.07, 6.45) is 2.24. The van der Waals surface area contributed by atoms with Gasteiger partial charge >= 0.3 is 0 Å². The van der Waals surface area contributed by atoms with Gasteiger partial charge in [0.25, 0.3) is 5.91 Å². The number of amides is 1. The molecule has 0 unspecified atom stereocenters. The Morgan fingerprint density at radius 1 is 1.45 bits per heavy atom. The van der Waals surface area contributed by atoms with E-state index in [1.807, 2.05) is 12.1 Å². The van der Waals surface area contributed by atoms with Crippen molar-refractivity contribution in [3.63, 3.8) is 0 Å². The van der Waals surface area contributed by atoms with Crippen LogP contribution in [0.25, 0.3) is 4.96 Å². The van der Waals surface area contributed by atoms with E-state index in [0.29, 0.717) is 18.5 Å².